The fourth-order valence-corrected chi connectivity index (χ4v) is 3.31. The highest BCUT2D eigenvalue weighted by Gasteiger charge is 2.16. The van der Waals surface area contributed by atoms with Crippen molar-refractivity contribution < 1.29 is 5.21 Å². The van der Waals surface area contributed by atoms with Crippen molar-refractivity contribution in [3.8, 4) is 17.2 Å². The van der Waals surface area contributed by atoms with E-state index in [-0.39, 0.29) is 11.1 Å². The van der Waals surface area contributed by atoms with E-state index in [1.54, 1.807) is 18.2 Å². The number of fused-ring (bicyclic) bond motifs is 1. The highest BCUT2D eigenvalue weighted by molar-refractivity contribution is 6.29. The van der Waals surface area contributed by atoms with Gasteiger partial charge in [-0.2, -0.15) is 5.26 Å². The summed E-state index contributed by atoms with van der Waals surface area (Å²) in [6.45, 7) is 3.95. The maximum absolute atomic E-state index is 9.40. The third-order valence-electron chi connectivity index (χ3n) is 4.11. The molecule has 0 bridgehead atoms. The lowest BCUT2D eigenvalue weighted by Gasteiger charge is -2.16. The molecule has 1 heterocycles. The Balaban J connectivity index is 2.35. The predicted molar refractivity (Wildman–Crippen MR) is 104 cm³/mol. The number of halogens is 1. The molecule has 0 saturated heterocycles. The molecule has 7 heteroatoms. The van der Waals surface area contributed by atoms with Crippen molar-refractivity contribution in [1.82, 2.24) is 9.97 Å². The number of aromatic nitrogens is 2. The second-order valence-corrected chi connectivity index (χ2v) is 6.24. The van der Waals surface area contributed by atoms with Crippen molar-refractivity contribution in [3.05, 3.63) is 52.3 Å². The number of nitriles is 1. The average molecular weight is 366 g/mol. The molecular formula is C19H16ClN5O. The fourth-order valence-electron chi connectivity index (χ4n) is 3.13. The predicted octanol–water partition coefficient (Wildman–Crippen LogP) is 4.49. The van der Waals surface area contributed by atoms with Crippen LogP contribution in [0.2, 0.25) is 5.28 Å². The van der Waals surface area contributed by atoms with Gasteiger partial charge >= 0.3 is 0 Å². The summed E-state index contributed by atoms with van der Waals surface area (Å²) in [4.78, 5) is 8.34. The average Bonchev–Trinajstić information content (AvgIpc) is 2.59. The Morgan fingerprint density at radius 1 is 1.19 bits per heavy atom. The molecule has 0 unspecified atom stereocenters. The van der Waals surface area contributed by atoms with Crippen LogP contribution in [0.3, 0.4) is 0 Å². The first kappa shape index (κ1) is 17.7. The number of nitrogens with zero attached hydrogens (tertiary/aromatic N) is 3. The molecule has 4 N–H and O–H groups in total. The molecular weight excluding hydrogens is 350 g/mol. The van der Waals surface area contributed by atoms with Gasteiger partial charge in [-0.25, -0.2) is 9.97 Å². The van der Waals surface area contributed by atoms with Crippen LogP contribution in [0.4, 0.5) is 11.5 Å². The third kappa shape index (κ3) is 3.18. The highest BCUT2D eigenvalue weighted by atomic mass is 35.5. The Bertz CT molecular complexity index is 1060. The first-order valence-electron chi connectivity index (χ1n) is 7.79. The number of aryl methyl sites for hydroxylation is 2. The molecule has 1 aromatic heterocycles. The van der Waals surface area contributed by atoms with E-state index < -0.39 is 0 Å². The van der Waals surface area contributed by atoms with Crippen LogP contribution in [0.15, 0.2) is 30.3 Å². The van der Waals surface area contributed by atoms with Gasteiger partial charge < -0.3 is 5.73 Å². The molecule has 0 spiro atoms. The lowest BCUT2D eigenvalue weighted by molar-refractivity contribution is 0.389. The molecule has 0 radical (unpaired) electrons. The second kappa shape index (κ2) is 7.00. The number of nitrogens with two attached hydrogens (primary N) is 1. The summed E-state index contributed by atoms with van der Waals surface area (Å²) in [6.07, 6.45) is 3.19. The topological polar surface area (TPSA) is 108 Å². The van der Waals surface area contributed by atoms with E-state index in [1.807, 2.05) is 32.0 Å². The zero-order chi connectivity index (χ0) is 18.8. The summed E-state index contributed by atoms with van der Waals surface area (Å²) in [5, 5.41) is 18.8. The first-order chi connectivity index (χ1) is 12.4. The number of anilines is 2. The maximum atomic E-state index is 9.40. The number of allylic oxidation sites excluding steroid dienone is 1. The molecule has 130 valence electrons. The van der Waals surface area contributed by atoms with Crippen molar-refractivity contribution in [2.75, 3.05) is 11.2 Å². The molecule has 3 rings (SSSR count). The normalized spacial score (nSPS) is 11.0. The summed E-state index contributed by atoms with van der Waals surface area (Å²) in [5.74, 6) is 0.238. The van der Waals surface area contributed by atoms with Gasteiger partial charge in [0, 0.05) is 17.0 Å². The number of nitrogens with one attached hydrogen (secondary N) is 1. The van der Waals surface area contributed by atoms with Crippen LogP contribution >= 0.6 is 11.6 Å². The summed E-state index contributed by atoms with van der Waals surface area (Å²) in [6, 6.07) is 9.40. The van der Waals surface area contributed by atoms with Gasteiger partial charge in [0.25, 0.3) is 0 Å². The fraction of sp³-hybridized carbons (Fsp3) is 0.105. The van der Waals surface area contributed by atoms with Crippen molar-refractivity contribution in [3.63, 3.8) is 0 Å². The minimum atomic E-state index is 0.0600. The highest BCUT2D eigenvalue weighted by Crippen LogP contribution is 2.37. The Hall–Kier alpha value is -3.14. The van der Waals surface area contributed by atoms with Crippen molar-refractivity contribution in [2.45, 2.75) is 13.8 Å². The molecule has 3 aromatic rings. The van der Waals surface area contributed by atoms with Gasteiger partial charge in [0.05, 0.1) is 17.3 Å². The number of nitrogen functional groups attached to an aromatic ring is 1. The van der Waals surface area contributed by atoms with Crippen molar-refractivity contribution in [1.29, 1.82) is 5.26 Å². The lowest BCUT2D eigenvalue weighted by Crippen LogP contribution is -2.00. The molecule has 0 amide bonds. The number of rotatable bonds is 3. The SMILES string of the molecule is Cc1cc(/C=C/C#N)cc(C)c1-c1cc(NO)cc2c(N)nc(Cl)nc12. The Kier molecular flexibility index (Phi) is 4.76. The van der Waals surface area contributed by atoms with Crippen molar-refractivity contribution in [2.24, 2.45) is 0 Å². The van der Waals surface area contributed by atoms with E-state index >= 15 is 0 Å². The molecule has 0 aliphatic heterocycles. The van der Waals surface area contributed by atoms with Gasteiger partial charge in [0.2, 0.25) is 5.28 Å². The zero-order valence-electron chi connectivity index (χ0n) is 14.2. The van der Waals surface area contributed by atoms with Gasteiger partial charge in [-0.15, -0.1) is 0 Å². The van der Waals surface area contributed by atoms with Crippen LogP contribution in [0.25, 0.3) is 28.1 Å². The molecule has 26 heavy (non-hydrogen) atoms. The van der Waals surface area contributed by atoms with Gasteiger partial charge in [0.15, 0.2) is 0 Å². The van der Waals surface area contributed by atoms with Gasteiger partial charge in [0.1, 0.15) is 5.82 Å². The second-order valence-electron chi connectivity index (χ2n) is 5.90. The van der Waals surface area contributed by atoms with Crippen LogP contribution in [0.1, 0.15) is 16.7 Å². The quantitative estimate of drug-likeness (QED) is 0.358. The molecule has 0 atom stereocenters. The van der Waals surface area contributed by atoms with Crippen molar-refractivity contribution >= 4 is 40.1 Å². The largest absolute Gasteiger partial charge is 0.383 e. The Morgan fingerprint density at radius 3 is 2.50 bits per heavy atom. The summed E-state index contributed by atoms with van der Waals surface area (Å²) >= 11 is 6.01. The van der Waals surface area contributed by atoms with E-state index in [4.69, 9.17) is 22.6 Å². The molecule has 6 nitrogen and oxygen atoms in total. The van der Waals surface area contributed by atoms with Gasteiger partial charge in [-0.05, 0) is 65.9 Å². The van der Waals surface area contributed by atoms with E-state index in [1.165, 1.54) is 6.08 Å². The standard InChI is InChI=1S/C19H16ClN5O/c1-10-6-12(4-3-5-21)7-11(2)16(10)14-8-13(25-26)9-15-17(14)23-19(20)24-18(15)22/h3-4,6-9,25-26H,1-2H3,(H2,22,23,24)/b4-3+. The van der Waals surface area contributed by atoms with Crippen LogP contribution in [-0.4, -0.2) is 15.2 Å². The number of hydrogen-bond donors (Lipinski definition) is 3. The van der Waals surface area contributed by atoms with E-state index in [0.29, 0.717) is 16.6 Å². The number of hydrogen-bond acceptors (Lipinski definition) is 6. The molecule has 0 aliphatic rings. The zero-order valence-corrected chi connectivity index (χ0v) is 15.0. The minimum absolute atomic E-state index is 0.0600. The summed E-state index contributed by atoms with van der Waals surface area (Å²) in [5.41, 5.74) is 13.9. The lowest BCUT2D eigenvalue weighted by atomic mass is 9.91. The minimum Gasteiger partial charge on any atom is -0.383 e. The van der Waals surface area contributed by atoms with Gasteiger partial charge in [-0.1, -0.05) is 12.1 Å². The maximum Gasteiger partial charge on any atom is 0.224 e. The van der Waals surface area contributed by atoms with Gasteiger partial charge in [-0.3, -0.25) is 10.7 Å². The molecule has 0 aliphatic carbocycles. The molecule has 0 fully saturated rings. The van der Waals surface area contributed by atoms with Crippen LogP contribution < -0.4 is 11.2 Å². The molecule has 0 saturated carbocycles. The summed E-state index contributed by atoms with van der Waals surface area (Å²) in [7, 11) is 0. The third-order valence-corrected chi connectivity index (χ3v) is 4.28. The Labute approximate surface area is 155 Å². The smallest absolute Gasteiger partial charge is 0.224 e. The van der Waals surface area contributed by atoms with Crippen LogP contribution in [0, 0.1) is 25.2 Å². The van der Waals surface area contributed by atoms with Crippen LogP contribution in [0.5, 0.6) is 0 Å². The van der Waals surface area contributed by atoms with E-state index in [9.17, 15) is 5.21 Å². The first-order valence-corrected chi connectivity index (χ1v) is 8.17. The van der Waals surface area contributed by atoms with E-state index in [0.717, 1.165) is 27.8 Å². The summed E-state index contributed by atoms with van der Waals surface area (Å²) < 4.78 is 0. The van der Waals surface area contributed by atoms with Crippen LogP contribution in [-0.2, 0) is 0 Å². The monoisotopic (exact) mass is 365 g/mol. The molecule has 2 aromatic carbocycles. The Morgan fingerprint density at radius 2 is 1.88 bits per heavy atom. The van der Waals surface area contributed by atoms with E-state index in [2.05, 4.69) is 15.4 Å². The number of benzene rings is 2.